The van der Waals surface area contributed by atoms with E-state index in [1.165, 1.54) is 12.8 Å². The summed E-state index contributed by atoms with van der Waals surface area (Å²) in [6, 6.07) is 0.572. The molecule has 4 nitrogen and oxygen atoms in total. The second-order valence-electron chi connectivity index (χ2n) is 5.29. The van der Waals surface area contributed by atoms with E-state index in [2.05, 4.69) is 24.5 Å². The quantitative estimate of drug-likeness (QED) is 0.683. The molecular weight excluding hydrogens is 228 g/mol. The van der Waals surface area contributed by atoms with Crippen LogP contribution in [0, 0.1) is 0 Å². The van der Waals surface area contributed by atoms with Crippen LogP contribution >= 0.6 is 0 Å². The Morgan fingerprint density at radius 3 is 2.83 bits per heavy atom. The van der Waals surface area contributed by atoms with Crippen LogP contribution in [0.1, 0.15) is 52.9 Å². The monoisotopic (exact) mass is 256 g/mol. The third kappa shape index (κ3) is 5.83. The molecule has 3 unspecified atom stereocenters. The zero-order valence-electron chi connectivity index (χ0n) is 12.0. The minimum atomic E-state index is -0.341. The van der Waals surface area contributed by atoms with Gasteiger partial charge >= 0.3 is 0 Å². The average molecular weight is 256 g/mol. The Morgan fingerprint density at radius 1 is 1.44 bits per heavy atom. The van der Waals surface area contributed by atoms with Crippen molar-refractivity contribution in [3.05, 3.63) is 0 Å². The molecule has 0 bridgehead atoms. The van der Waals surface area contributed by atoms with Gasteiger partial charge in [-0.15, -0.1) is 0 Å². The van der Waals surface area contributed by atoms with Gasteiger partial charge in [-0.25, -0.2) is 0 Å². The van der Waals surface area contributed by atoms with Crippen molar-refractivity contribution in [1.29, 1.82) is 0 Å². The first-order chi connectivity index (χ1) is 8.63. The van der Waals surface area contributed by atoms with Crippen molar-refractivity contribution in [2.45, 2.75) is 71.1 Å². The molecule has 18 heavy (non-hydrogen) atoms. The Morgan fingerprint density at radius 2 is 2.22 bits per heavy atom. The van der Waals surface area contributed by atoms with Gasteiger partial charge in [-0.3, -0.25) is 4.79 Å². The number of carbonyl (C=O) groups is 1. The first kappa shape index (κ1) is 15.4. The van der Waals surface area contributed by atoms with Crippen LogP contribution in [0.2, 0.25) is 0 Å². The summed E-state index contributed by atoms with van der Waals surface area (Å²) >= 11 is 0. The summed E-state index contributed by atoms with van der Waals surface area (Å²) in [5.74, 6) is 0.0183. The fraction of sp³-hybridized carbons (Fsp3) is 0.929. The average Bonchev–Trinajstić information content (AvgIpc) is 2.37. The van der Waals surface area contributed by atoms with Crippen LogP contribution in [0.5, 0.6) is 0 Å². The Bertz CT molecular complexity index is 238. The van der Waals surface area contributed by atoms with E-state index in [0.29, 0.717) is 6.04 Å². The summed E-state index contributed by atoms with van der Waals surface area (Å²) in [6.45, 7) is 7.80. The number of hydrogen-bond acceptors (Lipinski definition) is 3. The molecule has 4 heteroatoms. The molecular formula is C14H28N2O2. The van der Waals surface area contributed by atoms with E-state index in [9.17, 15) is 4.79 Å². The predicted molar refractivity (Wildman–Crippen MR) is 73.6 cm³/mol. The van der Waals surface area contributed by atoms with Gasteiger partial charge in [0.15, 0.2) is 0 Å². The second-order valence-corrected chi connectivity index (χ2v) is 5.29. The van der Waals surface area contributed by atoms with Crippen LogP contribution in [0.15, 0.2) is 0 Å². The highest BCUT2D eigenvalue weighted by atomic mass is 16.5. The first-order valence-corrected chi connectivity index (χ1v) is 7.30. The van der Waals surface area contributed by atoms with Crippen molar-refractivity contribution in [3.63, 3.8) is 0 Å². The maximum absolute atomic E-state index is 11.8. The molecule has 1 amide bonds. The van der Waals surface area contributed by atoms with Crippen molar-refractivity contribution in [3.8, 4) is 0 Å². The SMILES string of the molecule is CCCCCNC(=O)C(C)OC1CCC(C)NC1. The van der Waals surface area contributed by atoms with E-state index in [1.54, 1.807) is 0 Å². The van der Waals surface area contributed by atoms with Crippen molar-refractivity contribution in [1.82, 2.24) is 10.6 Å². The van der Waals surface area contributed by atoms with Crippen molar-refractivity contribution in [2.75, 3.05) is 13.1 Å². The van der Waals surface area contributed by atoms with Crippen LogP contribution in [-0.2, 0) is 9.53 Å². The molecule has 0 aromatic heterocycles. The third-order valence-corrected chi connectivity index (χ3v) is 3.46. The van der Waals surface area contributed by atoms with Crippen LogP contribution in [0.4, 0.5) is 0 Å². The molecule has 106 valence electrons. The zero-order valence-corrected chi connectivity index (χ0v) is 12.0. The van der Waals surface area contributed by atoms with Crippen molar-refractivity contribution in [2.24, 2.45) is 0 Å². The molecule has 0 spiro atoms. The van der Waals surface area contributed by atoms with E-state index in [0.717, 1.165) is 32.4 Å². The summed E-state index contributed by atoms with van der Waals surface area (Å²) in [6.07, 6.45) is 5.40. The number of carbonyl (C=O) groups excluding carboxylic acids is 1. The normalized spacial score (nSPS) is 25.7. The molecule has 1 rings (SSSR count). The molecule has 1 fully saturated rings. The van der Waals surface area contributed by atoms with Gasteiger partial charge in [0.2, 0.25) is 5.91 Å². The number of nitrogens with one attached hydrogen (secondary N) is 2. The van der Waals surface area contributed by atoms with Gasteiger partial charge in [0, 0.05) is 19.1 Å². The maximum atomic E-state index is 11.8. The Balaban J connectivity index is 2.14. The van der Waals surface area contributed by atoms with Crippen LogP contribution in [0.25, 0.3) is 0 Å². The number of hydrogen-bond donors (Lipinski definition) is 2. The number of piperidine rings is 1. The van der Waals surface area contributed by atoms with Gasteiger partial charge in [-0.1, -0.05) is 19.8 Å². The summed E-state index contributed by atoms with van der Waals surface area (Å²) in [7, 11) is 0. The maximum Gasteiger partial charge on any atom is 0.248 e. The van der Waals surface area contributed by atoms with Crippen molar-refractivity contribution < 1.29 is 9.53 Å². The van der Waals surface area contributed by atoms with Gasteiger partial charge in [0.05, 0.1) is 6.10 Å². The van der Waals surface area contributed by atoms with Crippen LogP contribution < -0.4 is 10.6 Å². The number of unbranched alkanes of at least 4 members (excludes halogenated alkanes) is 2. The lowest BCUT2D eigenvalue weighted by Gasteiger charge is -2.29. The molecule has 1 aliphatic rings. The summed E-state index contributed by atoms with van der Waals surface area (Å²) in [4.78, 5) is 11.8. The Hall–Kier alpha value is -0.610. The van der Waals surface area contributed by atoms with Gasteiger partial charge in [-0.2, -0.15) is 0 Å². The Labute approximate surface area is 111 Å². The van der Waals surface area contributed by atoms with Crippen LogP contribution in [-0.4, -0.2) is 37.2 Å². The molecule has 0 aromatic carbocycles. The first-order valence-electron chi connectivity index (χ1n) is 7.30. The highest BCUT2D eigenvalue weighted by Gasteiger charge is 2.22. The second kappa shape index (κ2) is 8.48. The van der Waals surface area contributed by atoms with Gasteiger partial charge in [0.1, 0.15) is 6.10 Å². The lowest BCUT2D eigenvalue weighted by Crippen LogP contribution is -2.45. The third-order valence-electron chi connectivity index (χ3n) is 3.46. The fourth-order valence-electron chi connectivity index (χ4n) is 2.17. The molecule has 3 atom stereocenters. The lowest BCUT2D eigenvalue weighted by atomic mass is 10.0. The predicted octanol–water partition coefficient (Wildman–Crippen LogP) is 1.84. The van der Waals surface area contributed by atoms with E-state index >= 15 is 0 Å². The van der Waals surface area contributed by atoms with E-state index < -0.39 is 0 Å². The van der Waals surface area contributed by atoms with E-state index in [-0.39, 0.29) is 18.1 Å². The topological polar surface area (TPSA) is 50.4 Å². The van der Waals surface area contributed by atoms with Crippen molar-refractivity contribution >= 4 is 5.91 Å². The molecule has 0 saturated carbocycles. The highest BCUT2D eigenvalue weighted by Crippen LogP contribution is 2.12. The molecule has 1 saturated heterocycles. The zero-order chi connectivity index (χ0) is 13.4. The smallest absolute Gasteiger partial charge is 0.248 e. The number of amides is 1. The molecule has 1 heterocycles. The minimum Gasteiger partial charge on any atom is -0.364 e. The minimum absolute atomic E-state index is 0.0183. The Kier molecular flexibility index (Phi) is 7.28. The summed E-state index contributed by atoms with van der Waals surface area (Å²) in [5, 5.41) is 6.31. The molecule has 0 aromatic rings. The standard InChI is InChI=1S/C14H28N2O2/c1-4-5-6-9-15-14(17)12(3)18-13-8-7-11(2)16-10-13/h11-13,16H,4-10H2,1-3H3,(H,15,17). The summed E-state index contributed by atoms with van der Waals surface area (Å²) in [5.41, 5.74) is 0. The van der Waals surface area contributed by atoms with E-state index in [4.69, 9.17) is 4.74 Å². The number of ether oxygens (including phenoxy) is 1. The number of rotatable bonds is 7. The van der Waals surface area contributed by atoms with Crippen LogP contribution in [0.3, 0.4) is 0 Å². The van der Waals surface area contributed by atoms with Gasteiger partial charge in [-0.05, 0) is 33.1 Å². The largest absolute Gasteiger partial charge is 0.364 e. The van der Waals surface area contributed by atoms with Gasteiger partial charge < -0.3 is 15.4 Å². The lowest BCUT2D eigenvalue weighted by molar-refractivity contribution is -0.136. The fourth-order valence-corrected chi connectivity index (χ4v) is 2.17. The molecule has 0 aliphatic carbocycles. The molecule has 2 N–H and O–H groups in total. The highest BCUT2D eigenvalue weighted by molar-refractivity contribution is 5.80. The molecule has 0 radical (unpaired) electrons. The molecule has 1 aliphatic heterocycles. The summed E-state index contributed by atoms with van der Waals surface area (Å²) < 4.78 is 5.78. The van der Waals surface area contributed by atoms with E-state index in [1.807, 2.05) is 6.92 Å². The van der Waals surface area contributed by atoms with Gasteiger partial charge in [0.25, 0.3) is 0 Å².